The Bertz CT molecular complexity index is 513. The third-order valence-corrected chi connectivity index (χ3v) is 3.40. The van der Waals surface area contributed by atoms with Gasteiger partial charge in [0.15, 0.2) is 6.10 Å². The Morgan fingerprint density at radius 2 is 2.19 bits per heavy atom. The van der Waals surface area contributed by atoms with E-state index < -0.39 is 12.1 Å². The summed E-state index contributed by atoms with van der Waals surface area (Å²) < 4.78 is 10.7. The van der Waals surface area contributed by atoms with Crippen LogP contribution in [0.3, 0.4) is 0 Å². The van der Waals surface area contributed by atoms with Crippen molar-refractivity contribution in [3.05, 3.63) is 23.7 Å². The van der Waals surface area contributed by atoms with Crippen molar-refractivity contribution < 1.29 is 23.8 Å². The summed E-state index contributed by atoms with van der Waals surface area (Å²) in [5.74, 6) is 0.570. The number of aryl methyl sites for hydroxylation is 1. The highest BCUT2D eigenvalue weighted by molar-refractivity contribution is 5.74. The van der Waals surface area contributed by atoms with Crippen molar-refractivity contribution in [3.63, 3.8) is 0 Å². The van der Waals surface area contributed by atoms with Gasteiger partial charge >= 0.3 is 12.0 Å². The molecule has 1 aliphatic heterocycles. The first-order valence-electron chi connectivity index (χ1n) is 6.88. The fraction of sp³-hybridized carbons (Fsp3) is 0.571. The first kappa shape index (κ1) is 15.4. The summed E-state index contributed by atoms with van der Waals surface area (Å²) in [7, 11) is 1.67. The fourth-order valence-corrected chi connectivity index (χ4v) is 2.25. The van der Waals surface area contributed by atoms with Crippen molar-refractivity contribution in [2.45, 2.75) is 38.5 Å². The van der Waals surface area contributed by atoms with Gasteiger partial charge in [0.1, 0.15) is 11.5 Å². The summed E-state index contributed by atoms with van der Waals surface area (Å²) in [6.45, 7) is 2.53. The maximum atomic E-state index is 11.9. The van der Waals surface area contributed by atoms with Gasteiger partial charge < -0.3 is 24.5 Å². The molecule has 2 rings (SSSR count). The highest BCUT2D eigenvalue weighted by atomic mass is 16.5. The number of nitrogens with one attached hydrogen (secondary N) is 1. The van der Waals surface area contributed by atoms with Crippen molar-refractivity contribution in [1.29, 1.82) is 0 Å². The van der Waals surface area contributed by atoms with Crippen LogP contribution >= 0.6 is 0 Å². The van der Waals surface area contributed by atoms with E-state index in [1.54, 1.807) is 7.05 Å². The van der Waals surface area contributed by atoms with Gasteiger partial charge in [-0.25, -0.2) is 9.59 Å². The SMILES string of the molecule is Cc1ccc(CN(C)C(=O)NCC2CCC(C(=O)O)O2)o1. The van der Waals surface area contributed by atoms with E-state index in [1.807, 2.05) is 19.1 Å². The molecule has 7 nitrogen and oxygen atoms in total. The number of ether oxygens (including phenoxy) is 1. The number of hydrogen-bond acceptors (Lipinski definition) is 4. The summed E-state index contributed by atoms with van der Waals surface area (Å²) >= 11 is 0. The Hall–Kier alpha value is -2.02. The van der Waals surface area contributed by atoms with E-state index in [0.717, 1.165) is 5.76 Å². The fourth-order valence-electron chi connectivity index (χ4n) is 2.25. The number of hydrogen-bond donors (Lipinski definition) is 2. The maximum absolute atomic E-state index is 11.9. The summed E-state index contributed by atoms with van der Waals surface area (Å²) in [6.07, 6.45) is 0.125. The van der Waals surface area contributed by atoms with E-state index in [-0.39, 0.29) is 12.1 Å². The molecule has 1 fully saturated rings. The number of urea groups is 1. The van der Waals surface area contributed by atoms with Crippen molar-refractivity contribution in [2.75, 3.05) is 13.6 Å². The van der Waals surface area contributed by atoms with Gasteiger partial charge in [0.05, 0.1) is 12.6 Å². The molecule has 0 aliphatic carbocycles. The van der Waals surface area contributed by atoms with Gasteiger partial charge in [-0.05, 0) is 31.9 Å². The zero-order valence-corrected chi connectivity index (χ0v) is 12.2. The summed E-state index contributed by atoms with van der Waals surface area (Å²) in [5, 5.41) is 11.6. The number of carbonyl (C=O) groups excluding carboxylic acids is 1. The van der Waals surface area contributed by atoms with Crippen LogP contribution in [0, 0.1) is 6.92 Å². The van der Waals surface area contributed by atoms with E-state index in [4.69, 9.17) is 14.3 Å². The smallest absolute Gasteiger partial charge is 0.332 e. The number of aliphatic carboxylic acids is 1. The van der Waals surface area contributed by atoms with Gasteiger partial charge in [-0.1, -0.05) is 0 Å². The second kappa shape index (κ2) is 6.62. The molecule has 0 bridgehead atoms. The molecule has 1 aliphatic rings. The van der Waals surface area contributed by atoms with Crippen LogP contribution in [0.4, 0.5) is 4.79 Å². The normalized spacial score (nSPS) is 21.2. The highest BCUT2D eigenvalue weighted by Gasteiger charge is 2.30. The topological polar surface area (TPSA) is 92.0 Å². The van der Waals surface area contributed by atoms with E-state index in [2.05, 4.69) is 5.32 Å². The lowest BCUT2D eigenvalue weighted by Crippen LogP contribution is -2.40. The zero-order chi connectivity index (χ0) is 15.4. The molecule has 116 valence electrons. The third kappa shape index (κ3) is 4.22. The van der Waals surface area contributed by atoms with E-state index in [0.29, 0.717) is 31.7 Å². The van der Waals surface area contributed by atoms with Gasteiger partial charge in [0.2, 0.25) is 0 Å². The average molecular weight is 296 g/mol. The van der Waals surface area contributed by atoms with Gasteiger partial charge in [-0.2, -0.15) is 0 Å². The molecule has 0 aromatic carbocycles. The average Bonchev–Trinajstić information content (AvgIpc) is 3.05. The molecule has 1 saturated heterocycles. The first-order valence-corrected chi connectivity index (χ1v) is 6.88. The minimum atomic E-state index is -0.950. The van der Waals surface area contributed by atoms with Crippen molar-refractivity contribution in [3.8, 4) is 0 Å². The summed E-state index contributed by atoms with van der Waals surface area (Å²) in [5.41, 5.74) is 0. The molecule has 2 N–H and O–H groups in total. The van der Waals surface area contributed by atoms with Gasteiger partial charge in [-0.3, -0.25) is 0 Å². The highest BCUT2D eigenvalue weighted by Crippen LogP contribution is 2.19. The van der Waals surface area contributed by atoms with Crippen LogP contribution in [-0.2, 0) is 16.1 Å². The number of furan rings is 1. The Balaban J connectivity index is 1.73. The second-order valence-corrected chi connectivity index (χ2v) is 5.22. The zero-order valence-electron chi connectivity index (χ0n) is 12.2. The van der Waals surface area contributed by atoms with Crippen LogP contribution in [0.15, 0.2) is 16.5 Å². The van der Waals surface area contributed by atoms with Crippen LogP contribution in [0.2, 0.25) is 0 Å². The number of carbonyl (C=O) groups is 2. The van der Waals surface area contributed by atoms with Crippen molar-refractivity contribution >= 4 is 12.0 Å². The summed E-state index contributed by atoms with van der Waals surface area (Å²) in [6, 6.07) is 3.43. The molecule has 0 radical (unpaired) electrons. The van der Waals surface area contributed by atoms with Gasteiger partial charge in [-0.15, -0.1) is 0 Å². The van der Waals surface area contributed by atoms with E-state index in [9.17, 15) is 9.59 Å². The lowest BCUT2D eigenvalue weighted by atomic mass is 10.2. The Kier molecular flexibility index (Phi) is 4.85. The molecule has 1 aromatic heterocycles. The second-order valence-electron chi connectivity index (χ2n) is 5.22. The molecule has 7 heteroatoms. The predicted molar refractivity (Wildman–Crippen MR) is 73.8 cm³/mol. The number of rotatable bonds is 5. The lowest BCUT2D eigenvalue weighted by molar-refractivity contribution is -0.149. The number of carboxylic acid groups (broad SMARTS) is 1. The largest absolute Gasteiger partial charge is 0.479 e. The molecular weight excluding hydrogens is 276 g/mol. The first-order chi connectivity index (χ1) is 9.95. The number of nitrogens with zero attached hydrogens (tertiary/aromatic N) is 1. The van der Waals surface area contributed by atoms with Crippen LogP contribution in [-0.4, -0.2) is 47.8 Å². The molecule has 2 atom stereocenters. The minimum absolute atomic E-state index is 0.241. The maximum Gasteiger partial charge on any atom is 0.332 e. The van der Waals surface area contributed by atoms with Crippen LogP contribution in [0.1, 0.15) is 24.4 Å². The molecule has 21 heavy (non-hydrogen) atoms. The molecule has 2 amide bonds. The summed E-state index contributed by atoms with van der Waals surface area (Å²) in [4.78, 5) is 24.2. The van der Waals surface area contributed by atoms with Crippen molar-refractivity contribution in [2.24, 2.45) is 0 Å². The Morgan fingerprint density at radius 3 is 2.76 bits per heavy atom. The quantitative estimate of drug-likeness (QED) is 0.856. The molecular formula is C14H20N2O5. The lowest BCUT2D eigenvalue weighted by Gasteiger charge is -2.18. The van der Waals surface area contributed by atoms with Crippen LogP contribution in [0.25, 0.3) is 0 Å². The standard InChI is InChI=1S/C14H20N2O5/c1-9-3-4-11(20-9)8-16(2)14(19)15-7-10-5-6-12(21-10)13(17)18/h3-4,10,12H,5-8H2,1-2H3,(H,15,19)(H,17,18). The number of carboxylic acids is 1. The van der Waals surface area contributed by atoms with Crippen LogP contribution in [0.5, 0.6) is 0 Å². The van der Waals surface area contributed by atoms with Gasteiger partial charge in [0, 0.05) is 13.6 Å². The third-order valence-electron chi connectivity index (χ3n) is 3.40. The Labute approximate surface area is 122 Å². The van der Waals surface area contributed by atoms with E-state index >= 15 is 0 Å². The predicted octanol–water partition coefficient (Wildman–Crippen LogP) is 1.36. The minimum Gasteiger partial charge on any atom is -0.479 e. The Morgan fingerprint density at radius 1 is 1.43 bits per heavy atom. The van der Waals surface area contributed by atoms with Gasteiger partial charge in [0.25, 0.3) is 0 Å². The molecule has 1 aromatic rings. The molecule has 0 saturated carbocycles. The number of amides is 2. The van der Waals surface area contributed by atoms with E-state index in [1.165, 1.54) is 4.90 Å². The monoisotopic (exact) mass is 296 g/mol. The molecule has 0 spiro atoms. The molecule has 2 unspecified atom stereocenters. The van der Waals surface area contributed by atoms with Crippen LogP contribution < -0.4 is 5.32 Å². The van der Waals surface area contributed by atoms with Crippen molar-refractivity contribution in [1.82, 2.24) is 10.2 Å². The molecule has 2 heterocycles.